The summed E-state index contributed by atoms with van der Waals surface area (Å²) in [6, 6.07) is 8.43. The lowest BCUT2D eigenvalue weighted by molar-refractivity contribution is -0.0149. The molecule has 0 aliphatic rings. The van der Waals surface area contributed by atoms with Gasteiger partial charge in [-0.2, -0.15) is 0 Å². The summed E-state index contributed by atoms with van der Waals surface area (Å²) in [5.41, 5.74) is 2.25. The molecule has 0 saturated heterocycles. The highest BCUT2D eigenvalue weighted by atomic mass is 127. The number of guanidine groups is 1. The van der Waals surface area contributed by atoms with Gasteiger partial charge < -0.3 is 15.4 Å². The van der Waals surface area contributed by atoms with Crippen LogP contribution in [0.5, 0.6) is 0 Å². The molecular formula is C20H31IN4OS. The molecule has 0 unspecified atom stereocenters. The van der Waals surface area contributed by atoms with E-state index < -0.39 is 0 Å². The topological polar surface area (TPSA) is 58.5 Å². The first-order chi connectivity index (χ1) is 12.4. The maximum absolute atomic E-state index is 5.85. The van der Waals surface area contributed by atoms with Crippen molar-refractivity contribution in [3.63, 3.8) is 0 Å². The average molecular weight is 502 g/mol. The van der Waals surface area contributed by atoms with Gasteiger partial charge in [0.05, 0.1) is 18.8 Å². The highest BCUT2D eigenvalue weighted by Gasteiger charge is 2.10. The summed E-state index contributed by atoms with van der Waals surface area (Å²) >= 11 is 1.74. The molecule has 2 rings (SSSR count). The van der Waals surface area contributed by atoms with Gasteiger partial charge >= 0.3 is 0 Å². The minimum Gasteiger partial charge on any atom is -0.371 e. The van der Waals surface area contributed by atoms with Crippen LogP contribution in [-0.4, -0.2) is 23.6 Å². The van der Waals surface area contributed by atoms with Gasteiger partial charge in [-0.1, -0.05) is 31.2 Å². The van der Waals surface area contributed by atoms with E-state index in [-0.39, 0.29) is 29.6 Å². The van der Waals surface area contributed by atoms with Gasteiger partial charge in [0.2, 0.25) is 0 Å². The Morgan fingerprint density at radius 1 is 1.19 bits per heavy atom. The predicted molar refractivity (Wildman–Crippen MR) is 125 cm³/mol. The number of hydrogen-bond donors (Lipinski definition) is 2. The van der Waals surface area contributed by atoms with Crippen LogP contribution in [0.2, 0.25) is 0 Å². The number of aliphatic imine (C=N–C) groups is 1. The van der Waals surface area contributed by atoms with E-state index in [2.05, 4.69) is 72.6 Å². The van der Waals surface area contributed by atoms with E-state index in [1.165, 1.54) is 16.0 Å². The van der Waals surface area contributed by atoms with Crippen LogP contribution < -0.4 is 10.6 Å². The number of rotatable bonds is 7. The fourth-order valence-corrected chi connectivity index (χ4v) is 3.09. The van der Waals surface area contributed by atoms with Crippen molar-refractivity contribution in [1.82, 2.24) is 15.6 Å². The molecule has 0 bridgehead atoms. The second kappa shape index (κ2) is 11.6. The molecule has 2 aromatic rings. The van der Waals surface area contributed by atoms with Gasteiger partial charge in [-0.15, -0.1) is 35.3 Å². The summed E-state index contributed by atoms with van der Waals surface area (Å²) in [7, 11) is 1.78. The van der Waals surface area contributed by atoms with Crippen LogP contribution in [0.15, 0.2) is 35.5 Å². The third-order valence-corrected chi connectivity index (χ3v) is 4.85. The Morgan fingerprint density at radius 2 is 1.89 bits per heavy atom. The molecule has 0 radical (unpaired) electrons. The molecule has 1 heterocycles. The monoisotopic (exact) mass is 502 g/mol. The second-order valence-electron chi connectivity index (χ2n) is 7.07. The molecule has 5 nitrogen and oxygen atoms in total. The summed E-state index contributed by atoms with van der Waals surface area (Å²) in [5, 5.41) is 7.74. The average Bonchev–Trinajstić information content (AvgIpc) is 3.08. The van der Waals surface area contributed by atoms with E-state index in [0.29, 0.717) is 19.7 Å². The van der Waals surface area contributed by atoms with E-state index in [0.717, 1.165) is 17.4 Å². The van der Waals surface area contributed by atoms with Crippen molar-refractivity contribution in [3.8, 4) is 0 Å². The fourth-order valence-electron chi connectivity index (χ4n) is 2.29. The molecule has 2 N–H and O–H groups in total. The zero-order valence-corrected chi connectivity index (χ0v) is 20.0. The van der Waals surface area contributed by atoms with Crippen LogP contribution in [0.3, 0.4) is 0 Å². The second-order valence-corrected chi connectivity index (χ2v) is 8.27. The Hall–Kier alpha value is -1.19. The number of aromatic nitrogens is 1. The van der Waals surface area contributed by atoms with E-state index in [1.807, 2.05) is 6.20 Å². The van der Waals surface area contributed by atoms with Gasteiger partial charge in [-0.25, -0.2) is 4.98 Å². The van der Waals surface area contributed by atoms with Crippen LogP contribution in [-0.2, 0) is 30.9 Å². The number of hydrogen-bond acceptors (Lipinski definition) is 4. The quantitative estimate of drug-likeness (QED) is 0.333. The third kappa shape index (κ3) is 9.03. The predicted octanol–water partition coefficient (Wildman–Crippen LogP) is 4.50. The molecule has 27 heavy (non-hydrogen) atoms. The van der Waals surface area contributed by atoms with E-state index >= 15 is 0 Å². The number of aryl methyl sites for hydroxylation is 1. The zero-order valence-electron chi connectivity index (χ0n) is 16.8. The molecule has 7 heteroatoms. The molecule has 0 aliphatic heterocycles. The Bertz CT molecular complexity index is 725. The zero-order chi connectivity index (χ0) is 19.0. The maximum Gasteiger partial charge on any atom is 0.191 e. The fraction of sp³-hybridized carbons (Fsp3) is 0.500. The van der Waals surface area contributed by atoms with Crippen molar-refractivity contribution in [1.29, 1.82) is 0 Å². The summed E-state index contributed by atoms with van der Waals surface area (Å²) in [6.45, 7) is 10.4. The minimum absolute atomic E-state index is 0. The third-order valence-electron chi connectivity index (χ3n) is 3.70. The van der Waals surface area contributed by atoms with Crippen LogP contribution in [0.4, 0.5) is 0 Å². The number of ether oxygens (including phenoxy) is 1. The van der Waals surface area contributed by atoms with Crippen molar-refractivity contribution in [2.24, 2.45) is 4.99 Å². The van der Waals surface area contributed by atoms with E-state index in [9.17, 15) is 0 Å². The standard InChI is InChI=1S/C20H30N4OS.HI/c1-6-17-12-22-18(26-17)13-24-19(21-5)23-11-15-8-7-9-16(10-15)14-25-20(2,3)4;/h7-10,12H,6,11,13-14H2,1-5H3,(H2,21,23,24);1H. The Labute approximate surface area is 184 Å². The van der Waals surface area contributed by atoms with Crippen molar-refractivity contribution < 1.29 is 4.74 Å². The smallest absolute Gasteiger partial charge is 0.191 e. The van der Waals surface area contributed by atoms with Crippen LogP contribution in [0.25, 0.3) is 0 Å². The summed E-state index contributed by atoms with van der Waals surface area (Å²) in [5.74, 6) is 0.773. The van der Waals surface area contributed by atoms with Crippen LogP contribution in [0.1, 0.15) is 48.7 Å². The molecule has 0 atom stereocenters. The number of halogens is 1. The van der Waals surface area contributed by atoms with Gasteiger partial charge in [0, 0.05) is 24.7 Å². The number of nitrogens with one attached hydrogen (secondary N) is 2. The Kier molecular flexibility index (Phi) is 10.3. The molecule has 0 spiro atoms. The number of thiazole rings is 1. The van der Waals surface area contributed by atoms with Gasteiger partial charge in [-0.05, 0) is 38.3 Å². The largest absolute Gasteiger partial charge is 0.371 e. The Morgan fingerprint density at radius 3 is 2.52 bits per heavy atom. The lowest BCUT2D eigenvalue weighted by Gasteiger charge is -2.19. The molecular weight excluding hydrogens is 471 g/mol. The van der Waals surface area contributed by atoms with Gasteiger partial charge in [0.25, 0.3) is 0 Å². The van der Waals surface area contributed by atoms with Gasteiger partial charge in [-0.3, -0.25) is 4.99 Å². The first-order valence-electron chi connectivity index (χ1n) is 8.99. The highest BCUT2D eigenvalue weighted by Crippen LogP contribution is 2.14. The van der Waals surface area contributed by atoms with Gasteiger partial charge in [0.1, 0.15) is 5.01 Å². The first kappa shape index (κ1) is 23.8. The number of nitrogens with zero attached hydrogens (tertiary/aromatic N) is 2. The molecule has 150 valence electrons. The normalized spacial score (nSPS) is 11.8. The Balaban J connectivity index is 0.00000364. The molecule has 0 aliphatic carbocycles. The molecule has 1 aromatic heterocycles. The summed E-state index contributed by atoms with van der Waals surface area (Å²) in [6.07, 6.45) is 2.98. The van der Waals surface area contributed by atoms with Crippen LogP contribution >= 0.6 is 35.3 Å². The van der Waals surface area contributed by atoms with Crippen molar-refractivity contribution in [2.75, 3.05) is 7.05 Å². The number of benzene rings is 1. The lowest BCUT2D eigenvalue weighted by Crippen LogP contribution is -2.36. The lowest BCUT2D eigenvalue weighted by atomic mass is 10.1. The van der Waals surface area contributed by atoms with Crippen molar-refractivity contribution in [3.05, 3.63) is 51.5 Å². The molecule has 0 amide bonds. The first-order valence-corrected chi connectivity index (χ1v) is 9.81. The van der Waals surface area contributed by atoms with Crippen LogP contribution in [0, 0.1) is 0 Å². The summed E-state index contributed by atoms with van der Waals surface area (Å²) in [4.78, 5) is 10.0. The molecule has 1 aromatic carbocycles. The molecule has 0 saturated carbocycles. The minimum atomic E-state index is -0.131. The maximum atomic E-state index is 5.85. The van der Waals surface area contributed by atoms with Gasteiger partial charge in [0.15, 0.2) is 5.96 Å². The van der Waals surface area contributed by atoms with Crippen molar-refractivity contribution >= 4 is 41.3 Å². The van der Waals surface area contributed by atoms with E-state index in [4.69, 9.17) is 4.74 Å². The SMILES string of the molecule is CCc1cnc(CNC(=NC)NCc2cccc(COC(C)(C)C)c2)s1.I. The molecule has 0 fully saturated rings. The highest BCUT2D eigenvalue weighted by molar-refractivity contribution is 14.0. The summed E-state index contributed by atoms with van der Waals surface area (Å²) < 4.78 is 5.85. The van der Waals surface area contributed by atoms with Crippen molar-refractivity contribution in [2.45, 2.75) is 59.4 Å². The van der Waals surface area contributed by atoms with E-state index in [1.54, 1.807) is 18.4 Å².